The van der Waals surface area contributed by atoms with Crippen molar-refractivity contribution in [2.75, 3.05) is 0 Å². The van der Waals surface area contributed by atoms with Crippen LogP contribution in [0.1, 0.15) is 126 Å². The maximum atomic E-state index is 4.08. The molecule has 0 heteroatoms. The number of fused-ring (bicyclic) bond motifs is 3. The minimum Gasteiger partial charge on any atom is -0.0985 e. The monoisotopic (exact) mass is 442 g/mol. The number of hydrogen-bond donors (Lipinski definition) is 0. The van der Waals surface area contributed by atoms with E-state index in [1.807, 2.05) is 12.2 Å². The molecule has 33 heavy (non-hydrogen) atoms. The first-order valence-electron chi connectivity index (χ1n) is 13.7. The molecular weight excluding hydrogens is 396 g/mol. The second-order valence-electron chi connectivity index (χ2n) is 10.1. The van der Waals surface area contributed by atoms with Gasteiger partial charge in [-0.3, -0.25) is 0 Å². The Morgan fingerprint density at radius 1 is 0.576 bits per heavy atom. The van der Waals surface area contributed by atoms with Crippen molar-refractivity contribution >= 4 is 12.2 Å². The van der Waals surface area contributed by atoms with E-state index in [2.05, 4.69) is 63.4 Å². The van der Waals surface area contributed by atoms with E-state index in [-0.39, 0.29) is 5.41 Å². The minimum absolute atomic E-state index is 0.137. The lowest BCUT2D eigenvalue weighted by Gasteiger charge is -2.33. The van der Waals surface area contributed by atoms with E-state index in [0.29, 0.717) is 0 Å². The smallest absolute Gasteiger partial charge is 0.0215 e. The topological polar surface area (TPSA) is 0 Å². The van der Waals surface area contributed by atoms with E-state index in [4.69, 9.17) is 0 Å². The van der Waals surface area contributed by atoms with Crippen LogP contribution in [0.3, 0.4) is 0 Å². The quantitative estimate of drug-likeness (QED) is 0.227. The maximum Gasteiger partial charge on any atom is 0.0215 e. The predicted molar refractivity (Wildman–Crippen MR) is 149 cm³/mol. The van der Waals surface area contributed by atoms with Gasteiger partial charge >= 0.3 is 0 Å². The van der Waals surface area contributed by atoms with Gasteiger partial charge in [-0.1, -0.05) is 153 Å². The zero-order valence-electron chi connectivity index (χ0n) is 21.4. The van der Waals surface area contributed by atoms with Crippen LogP contribution in [0, 0.1) is 0 Å². The van der Waals surface area contributed by atoms with Crippen molar-refractivity contribution in [3.63, 3.8) is 0 Å². The normalized spacial score (nSPS) is 13.5. The van der Waals surface area contributed by atoms with Crippen LogP contribution in [-0.4, -0.2) is 0 Å². The SMILES string of the molecule is C=Cc1ccc2c(c1)C(CCCCCCCC)(CCCCCCCC)c1cc(C=C)ccc1-2. The van der Waals surface area contributed by atoms with Crippen LogP contribution >= 0.6 is 0 Å². The molecule has 0 saturated heterocycles. The van der Waals surface area contributed by atoms with Crippen LogP contribution in [0.5, 0.6) is 0 Å². The largest absolute Gasteiger partial charge is 0.0985 e. The Labute approximate surface area is 204 Å². The van der Waals surface area contributed by atoms with Gasteiger partial charge in [0, 0.05) is 5.41 Å². The molecule has 0 N–H and O–H groups in total. The Balaban J connectivity index is 1.92. The molecule has 0 aliphatic heterocycles. The first-order chi connectivity index (χ1) is 16.2. The van der Waals surface area contributed by atoms with Crippen LogP contribution < -0.4 is 0 Å². The third-order valence-electron chi connectivity index (χ3n) is 7.79. The summed E-state index contributed by atoms with van der Waals surface area (Å²) >= 11 is 0. The summed E-state index contributed by atoms with van der Waals surface area (Å²) in [7, 11) is 0. The van der Waals surface area contributed by atoms with Crippen molar-refractivity contribution in [1.82, 2.24) is 0 Å². The van der Waals surface area contributed by atoms with Gasteiger partial charge in [0.25, 0.3) is 0 Å². The van der Waals surface area contributed by atoms with Crippen LogP contribution in [-0.2, 0) is 5.41 Å². The van der Waals surface area contributed by atoms with E-state index in [0.717, 1.165) is 0 Å². The Bertz CT molecular complexity index is 825. The van der Waals surface area contributed by atoms with Crippen LogP contribution in [0.2, 0.25) is 0 Å². The van der Waals surface area contributed by atoms with E-state index in [9.17, 15) is 0 Å². The number of rotatable bonds is 16. The zero-order valence-corrected chi connectivity index (χ0v) is 21.4. The highest BCUT2D eigenvalue weighted by atomic mass is 14.4. The van der Waals surface area contributed by atoms with Gasteiger partial charge in [-0.05, 0) is 46.2 Å². The summed E-state index contributed by atoms with van der Waals surface area (Å²) in [6, 6.07) is 14.1. The Hall–Kier alpha value is -2.08. The first kappa shape index (κ1) is 25.5. The van der Waals surface area contributed by atoms with Crippen molar-refractivity contribution in [2.45, 2.75) is 109 Å². The molecule has 0 spiro atoms. The van der Waals surface area contributed by atoms with Crippen molar-refractivity contribution in [3.05, 3.63) is 71.8 Å². The van der Waals surface area contributed by atoms with Gasteiger partial charge in [-0.25, -0.2) is 0 Å². The molecule has 3 rings (SSSR count). The van der Waals surface area contributed by atoms with Gasteiger partial charge in [-0.15, -0.1) is 0 Å². The molecule has 0 amide bonds. The number of benzene rings is 2. The van der Waals surface area contributed by atoms with E-state index >= 15 is 0 Å². The Morgan fingerprint density at radius 3 is 1.36 bits per heavy atom. The molecule has 0 saturated carbocycles. The molecule has 0 nitrogen and oxygen atoms in total. The van der Waals surface area contributed by atoms with Crippen LogP contribution in [0.4, 0.5) is 0 Å². The first-order valence-corrected chi connectivity index (χ1v) is 13.7. The molecule has 0 atom stereocenters. The maximum absolute atomic E-state index is 4.08. The molecule has 1 aliphatic carbocycles. The zero-order chi connectivity index (χ0) is 23.5. The summed E-state index contributed by atoms with van der Waals surface area (Å²) < 4.78 is 0. The summed E-state index contributed by atoms with van der Waals surface area (Å²) in [5, 5.41) is 0. The minimum atomic E-state index is 0.137. The molecule has 178 valence electrons. The van der Waals surface area contributed by atoms with Crippen LogP contribution in [0.15, 0.2) is 49.6 Å². The van der Waals surface area contributed by atoms with Crippen molar-refractivity contribution in [1.29, 1.82) is 0 Å². The van der Waals surface area contributed by atoms with Crippen molar-refractivity contribution in [3.8, 4) is 11.1 Å². The number of unbranched alkanes of at least 4 members (excludes halogenated alkanes) is 10. The highest BCUT2D eigenvalue weighted by Gasteiger charge is 2.42. The fraction of sp³-hybridized carbons (Fsp3) is 0.515. The van der Waals surface area contributed by atoms with E-state index in [1.165, 1.54) is 112 Å². The summed E-state index contributed by atoms with van der Waals surface area (Å²) in [5.41, 5.74) is 8.64. The fourth-order valence-corrected chi connectivity index (χ4v) is 5.86. The van der Waals surface area contributed by atoms with Gasteiger partial charge in [-0.2, -0.15) is 0 Å². The highest BCUT2D eigenvalue weighted by Crippen LogP contribution is 2.54. The van der Waals surface area contributed by atoms with Gasteiger partial charge < -0.3 is 0 Å². The second-order valence-corrected chi connectivity index (χ2v) is 10.1. The van der Waals surface area contributed by atoms with Crippen molar-refractivity contribution < 1.29 is 0 Å². The van der Waals surface area contributed by atoms with Gasteiger partial charge in [0.1, 0.15) is 0 Å². The lowest BCUT2D eigenvalue weighted by atomic mass is 9.70. The molecule has 0 radical (unpaired) electrons. The highest BCUT2D eigenvalue weighted by molar-refractivity contribution is 5.83. The average Bonchev–Trinajstić information content (AvgIpc) is 3.12. The molecule has 0 unspecified atom stereocenters. The second kappa shape index (κ2) is 13.0. The summed E-state index contributed by atoms with van der Waals surface area (Å²) in [6.07, 6.45) is 22.8. The van der Waals surface area contributed by atoms with Gasteiger partial charge in [0.2, 0.25) is 0 Å². The molecular formula is C33H46. The lowest BCUT2D eigenvalue weighted by Crippen LogP contribution is -2.25. The van der Waals surface area contributed by atoms with Gasteiger partial charge in [0.15, 0.2) is 0 Å². The van der Waals surface area contributed by atoms with E-state index in [1.54, 1.807) is 11.1 Å². The Kier molecular flexibility index (Phi) is 10.0. The third-order valence-corrected chi connectivity index (χ3v) is 7.79. The van der Waals surface area contributed by atoms with Crippen molar-refractivity contribution in [2.24, 2.45) is 0 Å². The fourth-order valence-electron chi connectivity index (χ4n) is 5.86. The standard InChI is InChI=1S/C33H46/c1-5-9-11-13-15-17-23-33(24-18-16-14-12-10-6-2)31-25-27(7-3)19-21-29(31)30-22-20-28(8-4)26-32(30)33/h7-8,19-22,25-26H,3-6,9-18,23-24H2,1-2H3. The lowest BCUT2D eigenvalue weighted by molar-refractivity contribution is 0.398. The summed E-state index contributed by atoms with van der Waals surface area (Å²) in [6.45, 7) is 12.8. The molecule has 0 aromatic heterocycles. The molecule has 2 aromatic carbocycles. The molecule has 0 fully saturated rings. The summed E-state index contributed by atoms with van der Waals surface area (Å²) in [5.74, 6) is 0. The molecule has 1 aliphatic rings. The molecule has 2 aromatic rings. The average molecular weight is 443 g/mol. The predicted octanol–water partition coefficient (Wildman–Crippen LogP) is 10.7. The molecule has 0 bridgehead atoms. The summed E-state index contributed by atoms with van der Waals surface area (Å²) in [4.78, 5) is 0. The van der Waals surface area contributed by atoms with Gasteiger partial charge in [0.05, 0.1) is 0 Å². The van der Waals surface area contributed by atoms with E-state index < -0.39 is 0 Å². The Morgan fingerprint density at radius 2 is 0.970 bits per heavy atom. The number of hydrogen-bond acceptors (Lipinski definition) is 0. The third kappa shape index (κ3) is 6.08. The van der Waals surface area contributed by atoms with Crippen LogP contribution in [0.25, 0.3) is 23.3 Å². The molecule has 0 heterocycles.